The minimum atomic E-state index is 0.150. The van der Waals surface area contributed by atoms with Crippen LogP contribution in [0.3, 0.4) is 0 Å². The van der Waals surface area contributed by atoms with Gasteiger partial charge in [-0.05, 0) is 18.9 Å². The monoisotopic (exact) mass is 350 g/mol. The highest BCUT2D eigenvalue weighted by atomic mass is 127. The molecule has 1 aliphatic carbocycles. The molecule has 0 N–H and O–H groups in total. The summed E-state index contributed by atoms with van der Waals surface area (Å²) >= 11 is 8.57. The number of ether oxygens (including phenoxy) is 1. The van der Waals surface area contributed by atoms with Gasteiger partial charge in [0.05, 0.1) is 12.2 Å². The van der Waals surface area contributed by atoms with Gasteiger partial charge in [0.1, 0.15) is 0 Å². The van der Waals surface area contributed by atoms with Crippen LogP contribution in [0.25, 0.3) is 0 Å². The van der Waals surface area contributed by atoms with Crippen LogP contribution in [0.15, 0.2) is 24.3 Å². The van der Waals surface area contributed by atoms with Crippen molar-refractivity contribution < 1.29 is 4.74 Å². The van der Waals surface area contributed by atoms with E-state index in [1.54, 1.807) is 0 Å². The topological polar surface area (TPSA) is 9.23 Å². The SMILES string of the molecule is Clc1ccccc1C(CI)OC1CCCC1. The zero-order valence-corrected chi connectivity index (χ0v) is 12.1. The van der Waals surface area contributed by atoms with Gasteiger partial charge in [-0.15, -0.1) is 0 Å². The van der Waals surface area contributed by atoms with Gasteiger partial charge in [0.15, 0.2) is 0 Å². The molecule has 0 amide bonds. The Morgan fingerprint density at radius 1 is 1.31 bits per heavy atom. The molecule has 3 heteroatoms. The van der Waals surface area contributed by atoms with Gasteiger partial charge in [-0.1, -0.05) is 65.2 Å². The van der Waals surface area contributed by atoms with Gasteiger partial charge in [-0.3, -0.25) is 0 Å². The highest BCUT2D eigenvalue weighted by Crippen LogP contribution is 2.32. The second kappa shape index (κ2) is 6.22. The molecule has 0 saturated heterocycles. The molecule has 1 atom stereocenters. The molecule has 0 aliphatic heterocycles. The first-order chi connectivity index (χ1) is 7.81. The van der Waals surface area contributed by atoms with E-state index in [1.165, 1.54) is 25.7 Å². The average Bonchev–Trinajstić information content (AvgIpc) is 2.80. The average molecular weight is 351 g/mol. The van der Waals surface area contributed by atoms with Crippen LogP contribution in [0.4, 0.5) is 0 Å². The predicted octanol–water partition coefficient (Wildman–Crippen LogP) is 4.78. The Hall–Kier alpha value is 0.200. The molecular formula is C13H16ClIO. The molecule has 1 fully saturated rings. The molecular weight excluding hydrogens is 334 g/mol. The largest absolute Gasteiger partial charge is 0.369 e. The molecule has 0 aromatic heterocycles. The smallest absolute Gasteiger partial charge is 0.0932 e. The summed E-state index contributed by atoms with van der Waals surface area (Å²) in [7, 11) is 0. The van der Waals surface area contributed by atoms with Crippen LogP contribution in [0, 0.1) is 0 Å². The molecule has 1 aliphatic rings. The van der Waals surface area contributed by atoms with Crippen molar-refractivity contribution in [1.82, 2.24) is 0 Å². The summed E-state index contributed by atoms with van der Waals surface area (Å²) in [6.45, 7) is 0. The first-order valence-corrected chi connectivity index (χ1v) is 7.67. The van der Waals surface area contributed by atoms with Crippen LogP contribution >= 0.6 is 34.2 Å². The van der Waals surface area contributed by atoms with Crippen molar-refractivity contribution in [2.75, 3.05) is 4.43 Å². The summed E-state index contributed by atoms with van der Waals surface area (Å²) in [5.41, 5.74) is 1.13. The van der Waals surface area contributed by atoms with Crippen LogP contribution in [0.1, 0.15) is 37.4 Å². The fourth-order valence-corrected chi connectivity index (χ4v) is 3.13. The van der Waals surface area contributed by atoms with E-state index in [1.807, 2.05) is 18.2 Å². The summed E-state index contributed by atoms with van der Waals surface area (Å²) in [5.74, 6) is 0. The minimum Gasteiger partial charge on any atom is -0.369 e. The van der Waals surface area contributed by atoms with Gasteiger partial charge in [0.25, 0.3) is 0 Å². The summed E-state index contributed by atoms with van der Waals surface area (Å²) in [6.07, 6.45) is 5.62. The van der Waals surface area contributed by atoms with Crippen LogP contribution in [-0.4, -0.2) is 10.5 Å². The molecule has 88 valence electrons. The second-order valence-electron chi connectivity index (χ2n) is 4.21. The zero-order valence-electron chi connectivity index (χ0n) is 9.16. The van der Waals surface area contributed by atoms with Gasteiger partial charge >= 0.3 is 0 Å². The lowest BCUT2D eigenvalue weighted by atomic mass is 10.1. The summed E-state index contributed by atoms with van der Waals surface area (Å²) in [5, 5.41) is 0.821. The quantitative estimate of drug-likeness (QED) is 0.561. The molecule has 0 radical (unpaired) electrons. The highest BCUT2D eigenvalue weighted by Gasteiger charge is 2.22. The molecule has 1 aromatic carbocycles. The second-order valence-corrected chi connectivity index (χ2v) is 5.50. The van der Waals surface area contributed by atoms with E-state index in [2.05, 4.69) is 28.7 Å². The van der Waals surface area contributed by atoms with Crippen LogP contribution in [0.2, 0.25) is 5.02 Å². The fourth-order valence-electron chi connectivity index (χ4n) is 2.19. The molecule has 0 spiro atoms. The zero-order chi connectivity index (χ0) is 11.4. The maximum absolute atomic E-state index is 6.20. The van der Waals surface area contributed by atoms with Crippen LogP contribution < -0.4 is 0 Å². The first-order valence-electron chi connectivity index (χ1n) is 5.77. The number of hydrogen-bond acceptors (Lipinski definition) is 1. The Balaban J connectivity index is 2.06. The Bertz CT molecular complexity index is 336. The molecule has 1 nitrogen and oxygen atoms in total. The Kier molecular flexibility index (Phi) is 4.92. The van der Waals surface area contributed by atoms with Gasteiger partial charge in [-0.25, -0.2) is 0 Å². The van der Waals surface area contributed by atoms with Crippen molar-refractivity contribution in [1.29, 1.82) is 0 Å². The molecule has 1 aromatic rings. The molecule has 0 heterocycles. The van der Waals surface area contributed by atoms with Crippen molar-refractivity contribution in [2.24, 2.45) is 0 Å². The number of benzene rings is 1. The fraction of sp³-hybridized carbons (Fsp3) is 0.538. The normalized spacial score (nSPS) is 18.9. The highest BCUT2D eigenvalue weighted by molar-refractivity contribution is 14.1. The van der Waals surface area contributed by atoms with Crippen LogP contribution in [-0.2, 0) is 4.74 Å². The van der Waals surface area contributed by atoms with E-state index in [4.69, 9.17) is 16.3 Å². The maximum atomic E-state index is 6.20. The maximum Gasteiger partial charge on any atom is 0.0932 e. The van der Waals surface area contributed by atoms with Crippen molar-refractivity contribution in [3.63, 3.8) is 0 Å². The lowest BCUT2D eigenvalue weighted by molar-refractivity contribution is 0.00531. The summed E-state index contributed by atoms with van der Waals surface area (Å²) < 4.78 is 7.09. The van der Waals surface area contributed by atoms with Gasteiger partial charge in [0.2, 0.25) is 0 Å². The molecule has 16 heavy (non-hydrogen) atoms. The van der Waals surface area contributed by atoms with E-state index in [9.17, 15) is 0 Å². The Morgan fingerprint density at radius 3 is 2.62 bits per heavy atom. The number of rotatable bonds is 4. The van der Waals surface area contributed by atoms with E-state index in [0.717, 1.165) is 15.0 Å². The first kappa shape index (κ1) is 12.7. The van der Waals surface area contributed by atoms with E-state index in [-0.39, 0.29) is 6.10 Å². The molecule has 1 saturated carbocycles. The summed E-state index contributed by atoms with van der Waals surface area (Å²) in [4.78, 5) is 0. The van der Waals surface area contributed by atoms with Gasteiger partial charge < -0.3 is 4.74 Å². The number of halogens is 2. The van der Waals surface area contributed by atoms with Crippen LogP contribution in [0.5, 0.6) is 0 Å². The minimum absolute atomic E-state index is 0.150. The summed E-state index contributed by atoms with van der Waals surface area (Å²) in [6, 6.07) is 8.00. The van der Waals surface area contributed by atoms with Crippen molar-refractivity contribution in [3.05, 3.63) is 34.9 Å². The van der Waals surface area contributed by atoms with E-state index < -0.39 is 0 Å². The van der Waals surface area contributed by atoms with Crippen molar-refractivity contribution in [3.8, 4) is 0 Å². The third-order valence-corrected chi connectivity index (χ3v) is 4.20. The Labute approximate surface area is 116 Å². The predicted molar refractivity (Wildman–Crippen MR) is 76.4 cm³/mol. The standard InChI is InChI=1S/C13H16ClIO/c14-12-8-4-3-7-11(12)13(9-15)16-10-5-1-2-6-10/h3-4,7-8,10,13H,1-2,5-6,9H2. The molecule has 1 unspecified atom stereocenters. The number of hydrogen-bond donors (Lipinski definition) is 0. The van der Waals surface area contributed by atoms with Gasteiger partial charge in [-0.2, -0.15) is 0 Å². The Morgan fingerprint density at radius 2 is 2.00 bits per heavy atom. The van der Waals surface area contributed by atoms with E-state index >= 15 is 0 Å². The number of alkyl halides is 1. The molecule has 0 bridgehead atoms. The lowest BCUT2D eigenvalue weighted by Gasteiger charge is -2.21. The molecule has 2 rings (SSSR count). The third kappa shape index (κ3) is 3.11. The van der Waals surface area contributed by atoms with Crippen molar-refractivity contribution >= 4 is 34.2 Å². The third-order valence-electron chi connectivity index (χ3n) is 3.05. The van der Waals surface area contributed by atoms with Gasteiger partial charge in [0, 0.05) is 15.0 Å². The van der Waals surface area contributed by atoms with Crippen molar-refractivity contribution in [2.45, 2.75) is 37.9 Å². The van der Waals surface area contributed by atoms with E-state index in [0.29, 0.717) is 6.10 Å². The lowest BCUT2D eigenvalue weighted by Crippen LogP contribution is -2.15.